The lowest BCUT2D eigenvalue weighted by Crippen LogP contribution is -2.14. The summed E-state index contributed by atoms with van der Waals surface area (Å²) in [4.78, 5) is 16.2. The number of nitrogens with two attached hydrogens (primary N) is 1. The predicted molar refractivity (Wildman–Crippen MR) is 119 cm³/mol. The predicted octanol–water partition coefficient (Wildman–Crippen LogP) is 4.66. The van der Waals surface area contributed by atoms with Crippen molar-refractivity contribution >= 4 is 28.1 Å². The second-order valence-electron chi connectivity index (χ2n) is 6.68. The Morgan fingerprint density at radius 1 is 1.28 bits per heavy atom. The number of carbonyl (C=O) groups is 1. The molecule has 0 saturated carbocycles. The summed E-state index contributed by atoms with van der Waals surface area (Å²) in [6.45, 7) is 1.48. The molecule has 1 heterocycles. The number of carbonyl (C=O) groups excluding carboxylic acids is 1. The van der Waals surface area contributed by atoms with E-state index in [4.69, 9.17) is 14.0 Å². The smallest absolute Gasteiger partial charge is 0.230 e. The van der Waals surface area contributed by atoms with Crippen LogP contribution in [0.4, 0.5) is 10.8 Å². The Kier molecular flexibility index (Phi) is 5.03. The van der Waals surface area contributed by atoms with Crippen molar-refractivity contribution in [1.82, 2.24) is 4.98 Å². The van der Waals surface area contributed by atoms with E-state index in [1.807, 2.05) is 12.1 Å². The molecule has 0 spiro atoms. The second kappa shape index (κ2) is 10.2. The summed E-state index contributed by atoms with van der Waals surface area (Å²) in [5.41, 5.74) is 7.40. The first kappa shape index (κ1) is 14.3. The molecule has 3 aromatic rings. The third-order valence-electron chi connectivity index (χ3n) is 4.25. The number of aromatic nitrogens is 1. The van der Waals surface area contributed by atoms with Crippen LogP contribution in [0.5, 0.6) is 0 Å². The average molecular weight is 416 g/mol. The van der Waals surface area contributed by atoms with Crippen molar-refractivity contribution in [2.75, 3.05) is 11.1 Å². The first-order valence-electron chi connectivity index (χ1n) is 12.3. The Morgan fingerprint density at radius 2 is 2.00 bits per heavy atom. The molecule has 1 amide bonds. The van der Waals surface area contributed by atoms with Gasteiger partial charge in [-0.05, 0) is 49.4 Å². The first-order chi connectivity index (χ1) is 16.4. The molecule has 0 fully saturated rings. The lowest BCUT2D eigenvalue weighted by molar-refractivity contribution is -0.115. The molecule has 0 radical (unpaired) electrons. The Balaban J connectivity index is 1.52. The van der Waals surface area contributed by atoms with E-state index in [9.17, 15) is 9.90 Å². The zero-order valence-electron chi connectivity index (χ0n) is 22.1. The van der Waals surface area contributed by atoms with Crippen molar-refractivity contribution in [2.24, 2.45) is 0 Å². The molecule has 6 heteroatoms. The van der Waals surface area contributed by atoms with Crippen LogP contribution in [-0.2, 0) is 17.6 Å². The van der Waals surface area contributed by atoms with Gasteiger partial charge in [-0.2, -0.15) is 0 Å². The number of nitrogen functional groups attached to an aromatic ring is 1. The molecule has 0 unspecified atom stereocenters. The van der Waals surface area contributed by atoms with Crippen molar-refractivity contribution in [1.29, 1.82) is 0 Å². The maximum Gasteiger partial charge on any atom is 0.230 e. The van der Waals surface area contributed by atoms with Crippen LogP contribution in [0.25, 0.3) is 0 Å². The van der Waals surface area contributed by atoms with Gasteiger partial charge in [0.15, 0.2) is 5.13 Å². The van der Waals surface area contributed by atoms with Crippen LogP contribution >= 0.6 is 11.3 Å². The molecule has 0 saturated heterocycles. The standard InChI is InChI=1S/C23H27N3O2S/c1-16-6-10-18(11-7-16)21(27)5-3-2-4-17-8-12-19(13-9-17)25-22(28)14-20-15-29-23(24)26-20/h6-13,15,21,27H,2-5,14H2,1H3,(H2,24,26)(H,25,28)/t21-/m0/s1/i6D,7D,10D,11D,15D,21D. The van der Waals surface area contributed by atoms with Gasteiger partial charge in [-0.25, -0.2) is 4.98 Å². The molecule has 0 bridgehead atoms. The quantitative estimate of drug-likeness (QED) is 0.444. The summed E-state index contributed by atoms with van der Waals surface area (Å²) < 4.78 is 48.0. The molecular weight excluding hydrogens is 382 g/mol. The number of thiazole rings is 1. The van der Waals surface area contributed by atoms with E-state index in [0.29, 0.717) is 30.6 Å². The third kappa shape index (κ3) is 6.69. The summed E-state index contributed by atoms with van der Waals surface area (Å²) >= 11 is 1.02. The number of hydrogen-bond acceptors (Lipinski definition) is 5. The summed E-state index contributed by atoms with van der Waals surface area (Å²) in [6, 6.07) is 6.02. The number of nitrogens with one attached hydrogen (secondary N) is 1. The summed E-state index contributed by atoms with van der Waals surface area (Å²) in [5.74, 6) is -0.295. The zero-order chi connectivity index (χ0) is 25.9. The number of aliphatic hydroxyl groups is 1. The fourth-order valence-electron chi connectivity index (χ4n) is 2.74. The van der Waals surface area contributed by atoms with Crippen LogP contribution in [0.1, 0.15) is 56.0 Å². The van der Waals surface area contributed by atoms with E-state index in [1.54, 1.807) is 12.1 Å². The molecule has 3 rings (SSSR count). The normalized spacial score (nSPS) is 15.9. The number of anilines is 2. The van der Waals surface area contributed by atoms with Gasteiger partial charge >= 0.3 is 0 Å². The average Bonchev–Trinajstić information content (AvgIpc) is 3.11. The Bertz CT molecular complexity index is 1200. The number of amides is 1. The lowest BCUT2D eigenvalue weighted by atomic mass is 10.0. The van der Waals surface area contributed by atoms with Gasteiger partial charge in [0, 0.05) is 11.0 Å². The summed E-state index contributed by atoms with van der Waals surface area (Å²) in [6.07, 6.45) is -0.541. The second-order valence-corrected chi connectivity index (χ2v) is 7.50. The minimum absolute atomic E-state index is 0.0278. The van der Waals surface area contributed by atoms with Gasteiger partial charge < -0.3 is 16.2 Å². The highest BCUT2D eigenvalue weighted by Gasteiger charge is 2.08. The van der Waals surface area contributed by atoms with Crippen molar-refractivity contribution in [3.63, 3.8) is 0 Å². The number of nitrogens with zero attached hydrogens (tertiary/aromatic N) is 1. The fourth-order valence-corrected chi connectivity index (χ4v) is 3.24. The van der Waals surface area contributed by atoms with Gasteiger partial charge in [-0.15, -0.1) is 11.3 Å². The van der Waals surface area contributed by atoms with E-state index in [0.717, 1.165) is 16.9 Å². The van der Waals surface area contributed by atoms with Crippen LogP contribution in [0.2, 0.25) is 0 Å². The van der Waals surface area contributed by atoms with Gasteiger partial charge in [0.05, 0.1) is 26.4 Å². The number of rotatable bonds is 9. The van der Waals surface area contributed by atoms with E-state index in [1.165, 1.54) is 6.92 Å². The number of aryl methyl sites for hydroxylation is 1. The minimum atomic E-state index is -2.22. The van der Waals surface area contributed by atoms with Gasteiger partial charge in [0.1, 0.15) is 0 Å². The Labute approximate surface area is 184 Å². The lowest BCUT2D eigenvalue weighted by Gasteiger charge is -2.11. The number of hydrogen-bond donors (Lipinski definition) is 3. The third-order valence-corrected chi connectivity index (χ3v) is 4.89. The van der Waals surface area contributed by atoms with E-state index in [2.05, 4.69) is 10.3 Å². The largest absolute Gasteiger partial charge is 0.388 e. The highest BCUT2D eigenvalue weighted by atomic mass is 32.1. The molecular formula is C23H27N3O2S. The van der Waals surface area contributed by atoms with E-state index < -0.39 is 6.08 Å². The first-order valence-corrected chi connectivity index (χ1v) is 10.1. The van der Waals surface area contributed by atoms with Gasteiger partial charge in [0.25, 0.3) is 0 Å². The van der Waals surface area contributed by atoms with Crippen molar-refractivity contribution < 1.29 is 18.1 Å². The van der Waals surface area contributed by atoms with Crippen LogP contribution in [0.15, 0.2) is 53.8 Å². The van der Waals surface area contributed by atoms with E-state index >= 15 is 0 Å². The molecule has 0 aliphatic heterocycles. The molecule has 2 aromatic carbocycles. The Hall–Kier alpha value is -2.70. The molecule has 0 aliphatic rings. The van der Waals surface area contributed by atoms with Crippen LogP contribution in [0.3, 0.4) is 0 Å². The van der Waals surface area contributed by atoms with Gasteiger partial charge in [-0.1, -0.05) is 48.3 Å². The SMILES string of the molecule is [2H]c1sc(N)nc1CC(=O)Nc1ccc(CCCC[C@]([2H])(O)c2c([2H])c([2H])c(C)c([2H])c2[2H])cc1. The molecule has 29 heavy (non-hydrogen) atoms. The Morgan fingerprint density at radius 3 is 2.66 bits per heavy atom. The molecule has 152 valence electrons. The highest BCUT2D eigenvalue weighted by Crippen LogP contribution is 2.21. The van der Waals surface area contributed by atoms with Crippen LogP contribution < -0.4 is 11.1 Å². The maximum absolute atomic E-state index is 12.2. The van der Waals surface area contributed by atoms with Gasteiger partial charge in [-0.3, -0.25) is 4.79 Å². The minimum Gasteiger partial charge on any atom is -0.388 e. The van der Waals surface area contributed by atoms with Crippen molar-refractivity contribution in [2.45, 2.75) is 45.1 Å². The van der Waals surface area contributed by atoms with Crippen molar-refractivity contribution in [3.05, 3.63) is 76.2 Å². The topological polar surface area (TPSA) is 88.2 Å². The molecule has 1 atom stereocenters. The number of unbranched alkanes of at least 4 members (excludes halogenated alkanes) is 1. The number of benzene rings is 2. The molecule has 4 N–H and O–H groups in total. The monoisotopic (exact) mass is 415 g/mol. The molecule has 0 aliphatic carbocycles. The highest BCUT2D eigenvalue weighted by molar-refractivity contribution is 7.13. The fraction of sp³-hybridized carbons (Fsp3) is 0.304. The maximum atomic E-state index is 12.2. The zero-order valence-corrected chi connectivity index (χ0v) is 16.9. The van der Waals surface area contributed by atoms with Gasteiger partial charge in [0.2, 0.25) is 5.91 Å². The molecule has 5 nitrogen and oxygen atoms in total. The van der Waals surface area contributed by atoms with Crippen LogP contribution in [0, 0.1) is 6.92 Å². The summed E-state index contributed by atoms with van der Waals surface area (Å²) in [7, 11) is 0. The summed E-state index contributed by atoms with van der Waals surface area (Å²) in [5, 5.41) is 13.8. The van der Waals surface area contributed by atoms with E-state index in [-0.39, 0.29) is 64.5 Å². The van der Waals surface area contributed by atoms with Crippen LogP contribution in [-0.4, -0.2) is 16.0 Å². The molecule has 1 aromatic heterocycles. The van der Waals surface area contributed by atoms with Crippen molar-refractivity contribution in [3.8, 4) is 0 Å².